The van der Waals surface area contributed by atoms with Crippen LogP contribution in [-0.2, 0) is 11.2 Å². The standard InChI is InChI=1S/C13H19NO/c1-10-4-3-5-12(11(10)2)8-13-9-15-7-6-14-13/h3-5,13-14H,6-9H2,1-2H3. The molecule has 1 aliphatic rings. The Morgan fingerprint density at radius 3 is 3.00 bits per heavy atom. The maximum absolute atomic E-state index is 5.46. The third-order valence-corrected chi connectivity index (χ3v) is 3.18. The Hall–Kier alpha value is -0.860. The third-order valence-electron chi connectivity index (χ3n) is 3.18. The van der Waals surface area contributed by atoms with Gasteiger partial charge in [-0.2, -0.15) is 0 Å². The SMILES string of the molecule is Cc1cccc(CC2COCCN2)c1C. The molecule has 1 heterocycles. The summed E-state index contributed by atoms with van der Waals surface area (Å²) in [5, 5.41) is 3.49. The average Bonchev–Trinajstić information content (AvgIpc) is 2.26. The zero-order valence-corrected chi connectivity index (χ0v) is 9.55. The fourth-order valence-corrected chi connectivity index (χ4v) is 2.05. The van der Waals surface area contributed by atoms with Gasteiger partial charge in [-0.25, -0.2) is 0 Å². The molecule has 0 aromatic heterocycles. The third kappa shape index (κ3) is 2.58. The quantitative estimate of drug-likeness (QED) is 0.795. The van der Waals surface area contributed by atoms with Gasteiger partial charge in [-0.1, -0.05) is 18.2 Å². The van der Waals surface area contributed by atoms with Gasteiger partial charge in [-0.3, -0.25) is 0 Å². The van der Waals surface area contributed by atoms with Gasteiger partial charge in [0.15, 0.2) is 0 Å². The van der Waals surface area contributed by atoms with Crippen molar-refractivity contribution >= 4 is 0 Å². The molecule has 1 aromatic carbocycles. The van der Waals surface area contributed by atoms with Crippen LogP contribution in [0.3, 0.4) is 0 Å². The van der Waals surface area contributed by atoms with Crippen molar-refractivity contribution in [1.29, 1.82) is 0 Å². The number of nitrogens with one attached hydrogen (secondary N) is 1. The van der Waals surface area contributed by atoms with Crippen LogP contribution in [0.15, 0.2) is 18.2 Å². The molecule has 1 fully saturated rings. The largest absolute Gasteiger partial charge is 0.379 e. The summed E-state index contributed by atoms with van der Waals surface area (Å²) < 4.78 is 5.46. The van der Waals surface area contributed by atoms with Crippen LogP contribution in [0.2, 0.25) is 0 Å². The van der Waals surface area contributed by atoms with Crippen molar-refractivity contribution in [2.75, 3.05) is 19.8 Å². The molecule has 0 amide bonds. The molecule has 0 bridgehead atoms. The second-order valence-electron chi connectivity index (χ2n) is 4.29. The van der Waals surface area contributed by atoms with E-state index in [4.69, 9.17) is 4.74 Å². The fourth-order valence-electron chi connectivity index (χ4n) is 2.05. The summed E-state index contributed by atoms with van der Waals surface area (Å²) in [5.41, 5.74) is 4.24. The zero-order valence-electron chi connectivity index (χ0n) is 9.55. The number of rotatable bonds is 2. The van der Waals surface area contributed by atoms with Gasteiger partial charge in [-0.15, -0.1) is 0 Å². The lowest BCUT2D eigenvalue weighted by molar-refractivity contribution is 0.0769. The summed E-state index contributed by atoms with van der Waals surface area (Å²) >= 11 is 0. The lowest BCUT2D eigenvalue weighted by Gasteiger charge is -2.24. The molecule has 1 aromatic rings. The normalized spacial score (nSPS) is 21.6. The van der Waals surface area contributed by atoms with Crippen LogP contribution in [0.4, 0.5) is 0 Å². The summed E-state index contributed by atoms with van der Waals surface area (Å²) in [6.45, 7) is 7.05. The van der Waals surface area contributed by atoms with Crippen LogP contribution in [-0.4, -0.2) is 25.8 Å². The first kappa shape index (κ1) is 10.7. The van der Waals surface area contributed by atoms with Crippen molar-refractivity contribution in [3.05, 3.63) is 34.9 Å². The van der Waals surface area contributed by atoms with Gasteiger partial charge >= 0.3 is 0 Å². The Balaban J connectivity index is 2.06. The summed E-state index contributed by atoms with van der Waals surface area (Å²) in [7, 11) is 0. The molecule has 1 saturated heterocycles. The molecular formula is C13H19NO. The minimum absolute atomic E-state index is 0.485. The maximum atomic E-state index is 5.46. The predicted octanol–water partition coefficient (Wildman–Crippen LogP) is 1.83. The number of ether oxygens (including phenoxy) is 1. The van der Waals surface area contributed by atoms with Gasteiger partial charge in [-0.05, 0) is 37.0 Å². The molecule has 2 nitrogen and oxygen atoms in total. The first-order valence-corrected chi connectivity index (χ1v) is 5.63. The van der Waals surface area contributed by atoms with E-state index in [2.05, 4.69) is 37.4 Å². The topological polar surface area (TPSA) is 21.3 Å². The summed E-state index contributed by atoms with van der Waals surface area (Å²) in [6, 6.07) is 7.02. The average molecular weight is 205 g/mol. The molecular weight excluding hydrogens is 186 g/mol. The molecule has 2 heteroatoms. The van der Waals surface area contributed by atoms with E-state index in [0.717, 1.165) is 26.2 Å². The summed E-state index contributed by atoms with van der Waals surface area (Å²) in [4.78, 5) is 0. The zero-order chi connectivity index (χ0) is 10.7. The Morgan fingerprint density at radius 2 is 2.27 bits per heavy atom. The second-order valence-corrected chi connectivity index (χ2v) is 4.29. The van der Waals surface area contributed by atoms with Crippen LogP contribution in [0.1, 0.15) is 16.7 Å². The van der Waals surface area contributed by atoms with Crippen LogP contribution in [0.5, 0.6) is 0 Å². The number of hydrogen-bond donors (Lipinski definition) is 1. The van der Waals surface area contributed by atoms with Gasteiger partial charge < -0.3 is 10.1 Å². The molecule has 1 atom stereocenters. The minimum atomic E-state index is 0.485. The highest BCUT2D eigenvalue weighted by Gasteiger charge is 2.14. The fraction of sp³-hybridized carbons (Fsp3) is 0.538. The number of hydrogen-bond acceptors (Lipinski definition) is 2. The molecule has 0 radical (unpaired) electrons. The number of morpholine rings is 1. The van der Waals surface area contributed by atoms with E-state index in [0.29, 0.717) is 6.04 Å². The van der Waals surface area contributed by atoms with Gasteiger partial charge in [0.05, 0.1) is 13.2 Å². The van der Waals surface area contributed by atoms with E-state index in [1.54, 1.807) is 0 Å². The Kier molecular flexibility index (Phi) is 3.39. The minimum Gasteiger partial charge on any atom is -0.379 e. The number of benzene rings is 1. The Morgan fingerprint density at radius 1 is 1.40 bits per heavy atom. The van der Waals surface area contributed by atoms with E-state index in [1.807, 2.05) is 0 Å². The van der Waals surface area contributed by atoms with Gasteiger partial charge in [0, 0.05) is 12.6 Å². The van der Waals surface area contributed by atoms with E-state index in [1.165, 1.54) is 16.7 Å². The van der Waals surface area contributed by atoms with Crippen LogP contribution in [0.25, 0.3) is 0 Å². The molecule has 1 aliphatic heterocycles. The molecule has 1 unspecified atom stereocenters. The molecule has 1 N–H and O–H groups in total. The first-order valence-electron chi connectivity index (χ1n) is 5.63. The maximum Gasteiger partial charge on any atom is 0.0623 e. The van der Waals surface area contributed by atoms with Crippen molar-refractivity contribution in [2.24, 2.45) is 0 Å². The molecule has 2 rings (SSSR count). The molecule has 0 aliphatic carbocycles. The van der Waals surface area contributed by atoms with E-state index in [-0.39, 0.29) is 0 Å². The molecule has 82 valence electrons. The van der Waals surface area contributed by atoms with Gasteiger partial charge in [0.2, 0.25) is 0 Å². The lowest BCUT2D eigenvalue weighted by atomic mass is 9.97. The Labute approximate surface area is 91.6 Å². The van der Waals surface area contributed by atoms with E-state index in [9.17, 15) is 0 Å². The lowest BCUT2D eigenvalue weighted by Crippen LogP contribution is -2.42. The van der Waals surface area contributed by atoms with Gasteiger partial charge in [0.1, 0.15) is 0 Å². The van der Waals surface area contributed by atoms with Gasteiger partial charge in [0.25, 0.3) is 0 Å². The van der Waals surface area contributed by atoms with Crippen LogP contribution in [0, 0.1) is 13.8 Å². The monoisotopic (exact) mass is 205 g/mol. The predicted molar refractivity (Wildman–Crippen MR) is 62.2 cm³/mol. The summed E-state index contributed by atoms with van der Waals surface area (Å²) in [6.07, 6.45) is 1.08. The van der Waals surface area contributed by atoms with E-state index < -0.39 is 0 Å². The van der Waals surface area contributed by atoms with Crippen molar-refractivity contribution in [3.63, 3.8) is 0 Å². The Bertz CT molecular complexity index is 329. The molecule has 0 saturated carbocycles. The highest BCUT2D eigenvalue weighted by molar-refractivity contribution is 5.33. The smallest absolute Gasteiger partial charge is 0.0623 e. The first-order chi connectivity index (χ1) is 7.27. The molecule has 0 spiro atoms. The second kappa shape index (κ2) is 4.77. The number of aryl methyl sites for hydroxylation is 1. The van der Waals surface area contributed by atoms with Crippen LogP contribution >= 0.6 is 0 Å². The summed E-state index contributed by atoms with van der Waals surface area (Å²) in [5.74, 6) is 0. The van der Waals surface area contributed by atoms with Crippen molar-refractivity contribution in [2.45, 2.75) is 26.3 Å². The van der Waals surface area contributed by atoms with Crippen molar-refractivity contribution < 1.29 is 4.74 Å². The van der Waals surface area contributed by atoms with Crippen LogP contribution < -0.4 is 5.32 Å². The van der Waals surface area contributed by atoms with Crippen molar-refractivity contribution in [1.82, 2.24) is 5.32 Å². The highest BCUT2D eigenvalue weighted by Crippen LogP contribution is 2.15. The van der Waals surface area contributed by atoms with E-state index >= 15 is 0 Å². The molecule has 15 heavy (non-hydrogen) atoms. The van der Waals surface area contributed by atoms with Crippen molar-refractivity contribution in [3.8, 4) is 0 Å². The highest BCUT2D eigenvalue weighted by atomic mass is 16.5.